The molecule has 2 nitrogen and oxygen atoms in total. The molecule has 6 aromatic rings. The summed E-state index contributed by atoms with van der Waals surface area (Å²) in [6.07, 6.45) is 0. The summed E-state index contributed by atoms with van der Waals surface area (Å²) in [6, 6.07) is 59.6. The predicted octanol–water partition coefficient (Wildman–Crippen LogP) is 8.44. The molecule has 0 radical (unpaired) electrons. The van der Waals surface area contributed by atoms with E-state index in [1.165, 1.54) is 31.8 Å². The molecule has 0 N–H and O–H groups in total. The van der Waals surface area contributed by atoms with Gasteiger partial charge in [-0.05, 0) is 72.8 Å². The van der Waals surface area contributed by atoms with E-state index < -0.39 is 28.8 Å². The molecule has 0 unspecified atom stereocenters. The van der Waals surface area contributed by atoms with Crippen molar-refractivity contribution in [3.05, 3.63) is 170 Å². The van der Waals surface area contributed by atoms with Gasteiger partial charge in [0.15, 0.2) is 11.5 Å². The van der Waals surface area contributed by atoms with Gasteiger partial charge in [-0.25, -0.2) is 0 Å². The molecule has 0 aliphatic heterocycles. The van der Waals surface area contributed by atoms with Gasteiger partial charge in [-0.15, -0.1) is 0 Å². The second kappa shape index (κ2) is 19.8. The summed E-state index contributed by atoms with van der Waals surface area (Å²) < 4.78 is 11.2. The summed E-state index contributed by atoms with van der Waals surface area (Å²) in [5.41, 5.74) is 0. The van der Waals surface area contributed by atoms with Gasteiger partial charge in [-0.1, -0.05) is 97.1 Å². The quantitative estimate of drug-likeness (QED) is 0.114. The summed E-state index contributed by atoms with van der Waals surface area (Å²) >= 11 is -1.66. The van der Waals surface area contributed by atoms with E-state index in [1.54, 1.807) is 14.2 Å². The van der Waals surface area contributed by atoms with Crippen molar-refractivity contribution in [1.82, 2.24) is 0 Å². The fraction of sp³-hybridized carbons (Fsp3) is 0.0526. The van der Waals surface area contributed by atoms with Crippen molar-refractivity contribution in [2.24, 2.45) is 0 Å². The van der Waals surface area contributed by atoms with Gasteiger partial charge in [0, 0.05) is 0 Å². The maximum absolute atomic E-state index is 5.59. The van der Waals surface area contributed by atoms with Crippen LogP contribution in [0.4, 0.5) is 0 Å². The van der Waals surface area contributed by atoms with Gasteiger partial charge in [-0.3, -0.25) is 0 Å². The van der Waals surface area contributed by atoms with Crippen LogP contribution in [0.5, 0.6) is 11.5 Å². The molecule has 0 spiro atoms. The van der Waals surface area contributed by atoms with Gasteiger partial charge in [0.2, 0.25) is 0 Å². The van der Waals surface area contributed by atoms with E-state index in [0.717, 1.165) is 11.5 Å². The normalized spacial score (nSPS) is 10.6. The Balaban J connectivity index is 0.000000187. The Morgan fingerprint density at radius 3 is 0.826 bits per heavy atom. The van der Waals surface area contributed by atoms with Crippen LogP contribution in [0.15, 0.2) is 170 Å². The predicted molar refractivity (Wildman–Crippen MR) is 204 cm³/mol. The van der Waals surface area contributed by atoms with Gasteiger partial charge >= 0.3 is 42.1 Å². The third-order valence-corrected chi connectivity index (χ3v) is 12.5. The number of ether oxygens (including phenoxy) is 2. The molecule has 0 atom stereocenters. The molecule has 238 valence electrons. The molecule has 0 bridgehead atoms. The molecule has 0 amide bonds. The summed E-state index contributed by atoms with van der Waals surface area (Å²) in [4.78, 5) is 0. The number of hydrogen-bond acceptors (Lipinski definition) is 2. The minimum absolute atomic E-state index is 0.971. The average Bonchev–Trinajstić information content (AvgIpc) is 3.11. The van der Waals surface area contributed by atoms with Crippen molar-refractivity contribution in [3.63, 3.8) is 0 Å². The maximum atomic E-state index is 5.59. The van der Waals surface area contributed by atoms with Gasteiger partial charge < -0.3 is 9.47 Å². The molecular weight excluding hydrogens is 760 g/mol. The average molecular weight is 796 g/mol. The molecule has 0 aliphatic carbocycles. The Bertz CT molecular complexity index is 1510. The molecule has 6 rings (SSSR count). The topological polar surface area (TPSA) is 18.5 Å². The molecular formula is C38H36Cl3O2P2Rh+2. The van der Waals surface area contributed by atoms with E-state index in [2.05, 4.69) is 146 Å². The molecule has 0 saturated carbocycles. The van der Waals surface area contributed by atoms with Crippen LogP contribution >= 0.6 is 44.9 Å². The molecule has 0 fully saturated rings. The Kier molecular flexibility index (Phi) is 15.6. The van der Waals surface area contributed by atoms with Gasteiger partial charge in [0.05, 0.1) is 14.2 Å². The van der Waals surface area contributed by atoms with Gasteiger partial charge in [0.25, 0.3) is 0 Å². The van der Waals surface area contributed by atoms with Crippen molar-refractivity contribution >= 4 is 76.7 Å². The Morgan fingerprint density at radius 2 is 0.587 bits per heavy atom. The van der Waals surface area contributed by atoms with Crippen molar-refractivity contribution in [3.8, 4) is 11.5 Å². The Hall–Kier alpha value is -2.73. The van der Waals surface area contributed by atoms with Crippen LogP contribution in [-0.2, 0) is 13.0 Å². The molecule has 46 heavy (non-hydrogen) atoms. The van der Waals surface area contributed by atoms with E-state index >= 15 is 0 Å². The van der Waals surface area contributed by atoms with Crippen LogP contribution in [0.2, 0.25) is 0 Å². The van der Waals surface area contributed by atoms with Crippen LogP contribution in [-0.4, -0.2) is 14.2 Å². The summed E-state index contributed by atoms with van der Waals surface area (Å²) in [7, 11) is 16.2. The van der Waals surface area contributed by atoms with Gasteiger partial charge in [-0.2, -0.15) is 0 Å². The third kappa shape index (κ3) is 10.7. The zero-order valence-electron chi connectivity index (χ0n) is 25.4. The first-order valence-electron chi connectivity index (χ1n) is 14.4. The SMILES string of the molecule is COc1ccccc1[PH+](c1ccccc1)c1ccccc1.COc1ccccc1[PH+](c1ccccc1)c1ccccc1.[Cl][Rh]([Cl])[Cl]. The first-order chi connectivity index (χ1) is 22.5. The first-order valence-corrected chi connectivity index (χ1v) is 23.7. The number of rotatable bonds is 8. The van der Waals surface area contributed by atoms with Crippen molar-refractivity contribution in [2.45, 2.75) is 0 Å². The number of benzene rings is 6. The van der Waals surface area contributed by atoms with E-state index in [1.807, 2.05) is 24.3 Å². The summed E-state index contributed by atoms with van der Waals surface area (Å²) in [5, 5.41) is 8.08. The van der Waals surface area contributed by atoms with Crippen LogP contribution in [0.25, 0.3) is 0 Å². The van der Waals surface area contributed by atoms with E-state index in [0.29, 0.717) is 0 Å². The second-order valence-corrected chi connectivity index (χ2v) is 22.1. The third-order valence-electron chi connectivity index (χ3n) is 7.00. The zero-order chi connectivity index (χ0) is 32.6. The van der Waals surface area contributed by atoms with Crippen molar-refractivity contribution < 1.29 is 22.5 Å². The number of halogens is 3. The minimum atomic E-state index is -1.66. The van der Waals surface area contributed by atoms with Crippen LogP contribution in [0.3, 0.4) is 0 Å². The Morgan fingerprint density at radius 1 is 0.370 bits per heavy atom. The van der Waals surface area contributed by atoms with E-state index in [9.17, 15) is 0 Å². The standard InChI is InChI=1S/2C19H17OP.3ClH.Rh/c2*1-20-18-14-8-9-15-19(18)21(16-10-4-2-5-11-16)17-12-6-3-7-13-17;;;;/h2*2-15H,1H3;3*1H;/q;;;;;+3/p-1. The first kappa shape index (κ1) is 36.1. The molecule has 0 aromatic heterocycles. The molecule has 0 saturated heterocycles. The molecule has 0 heterocycles. The number of hydrogen-bond donors (Lipinski definition) is 0. The van der Waals surface area contributed by atoms with Crippen LogP contribution < -0.4 is 41.3 Å². The number of para-hydroxylation sites is 2. The van der Waals surface area contributed by atoms with Crippen LogP contribution in [0, 0.1) is 0 Å². The fourth-order valence-electron chi connectivity index (χ4n) is 5.08. The van der Waals surface area contributed by atoms with E-state index in [4.69, 9.17) is 38.5 Å². The molecule has 8 heteroatoms. The number of methoxy groups -OCH3 is 2. The zero-order valence-corrected chi connectivity index (χ0v) is 31.4. The van der Waals surface area contributed by atoms with Crippen molar-refractivity contribution in [2.75, 3.05) is 14.2 Å². The van der Waals surface area contributed by atoms with Crippen molar-refractivity contribution in [1.29, 1.82) is 0 Å². The van der Waals surface area contributed by atoms with Gasteiger partial charge in [0.1, 0.15) is 47.7 Å². The summed E-state index contributed by atoms with van der Waals surface area (Å²) in [6.45, 7) is 0. The molecule has 0 aliphatic rings. The Labute approximate surface area is 292 Å². The fourth-order valence-corrected chi connectivity index (χ4v) is 10.5. The monoisotopic (exact) mass is 794 g/mol. The molecule has 6 aromatic carbocycles. The summed E-state index contributed by atoms with van der Waals surface area (Å²) in [5.74, 6) is 1.94. The van der Waals surface area contributed by atoms with Crippen LogP contribution in [0.1, 0.15) is 0 Å². The van der Waals surface area contributed by atoms with E-state index in [-0.39, 0.29) is 0 Å². The second-order valence-electron chi connectivity index (χ2n) is 9.76.